The maximum atomic E-state index is 12.0. The molecular formula is C11H6Br4N2O. The summed E-state index contributed by atoms with van der Waals surface area (Å²) in [5.41, 5.74) is 1.18. The molecule has 0 unspecified atom stereocenters. The van der Waals surface area contributed by atoms with Crippen LogP contribution in [0.3, 0.4) is 0 Å². The molecule has 18 heavy (non-hydrogen) atoms. The highest BCUT2D eigenvalue weighted by Gasteiger charge is 2.13. The zero-order valence-corrected chi connectivity index (χ0v) is 15.1. The van der Waals surface area contributed by atoms with E-state index in [9.17, 15) is 4.79 Å². The van der Waals surface area contributed by atoms with Crippen LogP contribution < -0.4 is 5.32 Å². The van der Waals surface area contributed by atoms with Crippen molar-refractivity contribution in [1.82, 2.24) is 4.98 Å². The van der Waals surface area contributed by atoms with E-state index in [1.165, 1.54) is 0 Å². The van der Waals surface area contributed by atoms with Crippen LogP contribution in [0, 0.1) is 0 Å². The Bertz CT molecular complexity index is 586. The summed E-state index contributed by atoms with van der Waals surface area (Å²) in [6.45, 7) is 0. The quantitative estimate of drug-likeness (QED) is 0.575. The zero-order chi connectivity index (χ0) is 13.3. The van der Waals surface area contributed by atoms with Crippen molar-refractivity contribution in [3.05, 3.63) is 48.0 Å². The lowest BCUT2D eigenvalue weighted by Crippen LogP contribution is -2.13. The van der Waals surface area contributed by atoms with Crippen molar-refractivity contribution >= 4 is 75.3 Å². The highest BCUT2D eigenvalue weighted by molar-refractivity contribution is 9.11. The first-order valence-electron chi connectivity index (χ1n) is 4.77. The molecule has 2 aromatic rings. The van der Waals surface area contributed by atoms with Gasteiger partial charge in [0.1, 0.15) is 5.69 Å². The Morgan fingerprint density at radius 3 is 2.11 bits per heavy atom. The first-order chi connectivity index (χ1) is 8.47. The SMILES string of the molecule is O=C(Nc1c(Br)cc(Br)cc1Br)c1cc(Br)c[nH]1. The average Bonchev–Trinajstić information content (AvgIpc) is 2.70. The van der Waals surface area contributed by atoms with Crippen molar-refractivity contribution in [1.29, 1.82) is 0 Å². The van der Waals surface area contributed by atoms with E-state index in [1.807, 2.05) is 12.1 Å². The molecule has 0 bridgehead atoms. The molecule has 94 valence electrons. The molecule has 2 N–H and O–H groups in total. The molecule has 2 rings (SSSR count). The van der Waals surface area contributed by atoms with E-state index in [0.717, 1.165) is 17.9 Å². The summed E-state index contributed by atoms with van der Waals surface area (Å²) in [4.78, 5) is 14.9. The molecule has 0 saturated heterocycles. The summed E-state index contributed by atoms with van der Waals surface area (Å²) in [5, 5.41) is 2.83. The number of carbonyl (C=O) groups excluding carboxylic acids is 1. The molecule has 1 amide bonds. The first-order valence-corrected chi connectivity index (χ1v) is 7.94. The highest BCUT2D eigenvalue weighted by Crippen LogP contribution is 2.34. The second-order valence-electron chi connectivity index (χ2n) is 3.43. The summed E-state index contributed by atoms with van der Waals surface area (Å²) in [6, 6.07) is 5.45. The van der Waals surface area contributed by atoms with E-state index in [1.54, 1.807) is 12.3 Å². The highest BCUT2D eigenvalue weighted by atomic mass is 79.9. The Morgan fingerprint density at radius 2 is 1.61 bits per heavy atom. The van der Waals surface area contributed by atoms with Crippen molar-refractivity contribution in [3.8, 4) is 0 Å². The second-order valence-corrected chi connectivity index (χ2v) is 6.97. The van der Waals surface area contributed by atoms with Gasteiger partial charge in [-0.2, -0.15) is 0 Å². The third-order valence-corrected chi connectivity index (χ3v) is 4.30. The van der Waals surface area contributed by atoms with E-state index >= 15 is 0 Å². The fourth-order valence-electron chi connectivity index (χ4n) is 1.34. The average molecular weight is 502 g/mol. The van der Waals surface area contributed by atoms with Crippen LogP contribution in [0.15, 0.2) is 42.3 Å². The Hall–Kier alpha value is -0.110. The molecule has 0 saturated carbocycles. The zero-order valence-electron chi connectivity index (χ0n) is 8.73. The van der Waals surface area contributed by atoms with Crippen LogP contribution in [-0.2, 0) is 0 Å². The van der Waals surface area contributed by atoms with Crippen molar-refractivity contribution < 1.29 is 4.79 Å². The number of amides is 1. The van der Waals surface area contributed by atoms with Gasteiger partial charge in [0.05, 0.1) is 5.69 Å². The van der Waals surface area contributed by atoms with Crippen LogP contribution >= 0.6 is 63.7 Å². The van der Waals surface area contributed by atoms with Gasteiger partial charge < -0.3 is 10.3 Å². The number of benzene rings is 1. The van der Waals surface area contributed by atoms with E-state index in [4.69, 9.17) is 0 Å². The maximum absolute atomic E-state index is 12.0. The van der Waals surface area contributed by atoms with Crippen LogP contribution in [0.1, 0.15) is 10.5 Å². The number of nitrogens with one attached hydrogen (secondary N) is 2. The van der Waals surface area contributed by atoms with Crippen LogP contribution in [0.5, 0.6) is 0 Å². The van der Waals surface area contributed by atoms with Crippen LogP contribution in [-0.4, -0.2) is 10.9 Å². The number of halogens is 4. The minimum Gasteiger partial charge on any atom is -0.356 e. The number of aromatic nitrogens is 1. The van der Waals surface area contributed by atoms with E-state index in [2.05, 4.69) is 74.0 Å². The van der Waals surface area contributed by atoms with Crippen molar-refractivity contribution in [2.75, 3.05) is 5.32 Å². The standard InChI is InChI=1S/C11H6Br4N2O/c12-5-1-7(14)10(8(15)2-5)17-11(18)9-3-6(13)4-16-9/h1-4,16H,(H,17,18). The van der Waals surface area contributed by atoms with Gasteiger partial charge in [-0.25, -0.2) is 0 Å². The molecule has 0 fully saturated rings. The molecular weight excluding hydrogens is 496 g/mol. The monoisotopic (exact) mass is 498 g/mol. The molecule has 0 spiro atoms. The molecule has 0 aliphatic heterocycles. The predicted octanol–water partition coefficient (Wildman–Crippen LogP) is 5.32. The summed E-state index contributed by atoms with van der Waals surface area (Å²) < 4.78 is 3.34. The number of H-pyrrole nitrogens is 1. The molecule has 1 aromatic heterocycles. The van der Waals surface area contributed by atoms with Crippen LogP contribution in [0.2, 0.25) is 0 Å². The van der Waals surface area contributed by atoms with Crippen LogP contribution in [0.4, 0.5) is 5.69 Å². The molecule has 0 radical (unpaired) electrons. The smallest absolute Gasteiger partial charge is 0.272 e. The van der Waals surface area contributed by atoms with Gasteiger partial charge in [-0.05, 0) is 66.0 Å². The third-order valence-electron chi connectivity index (χ3n) is 2.14. The Labute approximate surface area is 137 Å². The normalized spacial score (nSPS) is 10.4. The van der Waals surface area contributed by atoms with Crippen molar-refractivity contribution in [3.63, 3.8) is 0 Å². The number of rotatable bonds is 2. The molecule has 0 atom stereocenters. The topological polar surface area (TPSA) is 44.9 Å². The lowest BCUT2D eigenvalue weighted by Gasteiger charge is -2.09. The Balaban J connectivity index is 2.27. The summed E-state index contributed by atoms with van der Waals surface area (Å²) in [6.07, 6.45) is 1.71. The van der Waals surface area contributed by atoms with E-state index in [-0.39, 0.29) is 5.91 Å². The largest absolute Gasteiger partial charge is 0.356 e. The molecule has 0 aliphatic carbocycles. The predicted molar refractivity (Wildman–Crippen MR) is 86.0 cm³/mol. The van der Waals surface area contributed by atoms with Crippen molar-refractivity contribution in [2.45, 2.75) is 0 Å². The molecule has 1 heterocycles. The fraction of sp³-hybridized carbons (Fsp3) is 0. The van der Waals surface area contributed by atoms with E-state index in [0.29, 0.717) is 11.4 Å². The summed E-state index contributed by atoms with van der Waals surface area (Å²) >= 11 is 13.5. The Morgan fingerprint density at radius 1 is 1.00 bits per heavy atom. The fourth-order valence-corrected chi connectivity index (χ4v) is 4.14. The molecule has 3 nitrogen and oxygen atoms in total. The minimum atomic E-state index is -0.204. The molecule has 1 aromatic carbocycles. The third kappa shape index (κ3) is 3.26. The number of hydrogen-bond acceptors (Lipinski definition) is 1. The van der Waals surface area contributed by atoms with Gasteiger partial charge in [-0.3, -0.25) is 4.79 Å². The summed E-state index contributed by atoms with van der Waals surface area (Å²) in [5.74, 6) is -0.204. The van der Waals surface area contributed by atoms with Gasteiger partial charge >= 0.3 is 0 Å². The Kier molecular flexibility index (Phi) is 4.69. The maximum Gasteiger partial charge on any atom is 0.272 e. The number of carbonyl (C=O) groups is 1. The van der Waals surface area contributed by atoms with Gasteiger partial charge in [0.2, 0.25) is 0 Å². The minimum absolute atomic E-state index is 0.204. The number of anilines is 1. The van der Waals surface area contributed by atoms with E-state index < -0.39 is 0 Å². The van der Waals surface area contributed by atoms with Gasteiger partial charge in [-0.1, -0.05) is 15.9 Å². The lowest BCUT2D eigenvalue weighted by molar-refractivity contribution is 0.102. The van der Waals surface area contributed by atoms with Crippen molar-refractivity contribution in [2.24, 2.45) is 0 Å². The number of aromatic amines is 1. The number of hydrogen-bond donors (Lipinski definition) is 2. The van der Waals surface area contributed by atoms with Gasteiger partial charge in [0.15, 0.2) is 0 Å². The summed E-state index contributed by atoms with van der Waals surface area (Å²) in [7, 11) is 0. The van der Waals surface area contributed by atoms with Gasteiger partial charge in [0.25, 0.3) is 5.91 Å². The molecule has 0 aliphatic rings. The molecule has 7 heteroatoms. The lowest BCUT2D eigenvalue weighted by atomic mass is 10.3. The van der Waals surface area contributed by atoms with Gasteiger partial charge in [-0.15, -0.1) is 0 Å². The van der Waals surface area contributed by atoms with Crippen LogP contribution in [0.25, 0.3) is 0 Å². The first kappa shape index (κ1) is 14.3. The second kappa shape index (κ2) is 5.90. The van der Waals surface area contributed by atoms with Gasteiger partial charge in [0, 0.05) is 24.1 Å².